The van der Waals surface area contributed by atoms with Crippen molar-refractivity contribution in [3.05, 3.63) is 59.7 Å². The standard InChI is InChI=1S/C19H19N2O/c1-22-19-13-18(8-7-17(19)14-20)21-11-9-16(10-12-21)15-5-3-2-4-6-15/h3-8,13,16H,9-12H2,1H3. The number of rotatable bonds is 3. The number of hydrogen-bond donors (Lipinski definition) is 0. The maximum absolute atomic E-state index is 9.07. The van der Waals surface area contributed by atoms with Gasteiger partial charge in [-0.25, -0.2) is 0 Å². The molecule has 2 aromatic rings. The lowest BCUT2D eigenvalue weighted by atomic mass is 9.89. The number of benzene rings is 2. The van der Waals surface area contributed by atoms with Crippen LogP contribution < -0.4 is 9.64 Å². The lowest BCUT2D eigenvalue weighted by Crippen LogP contribution is -2.32. The topological polar surface area (TPSA) is 36.3 Å². The summed E-state index contributed by atoms with van der Waals surface area (Å²) in [5, 5.41) is 9.07. The number of anilines is 1. The molecule has 1 aliphatic heterocycles. The second-order valence-electron chi connectivity index (χ2n) is 5.59. The highest BCUT2D eigenvalue weighted by atomic mass is 16.5. The van der Waals surface area contributed by atoms with Crippen LogP contribution in [0.2, 0.25) is 0 Å². The minimum atomic E-state index is 0.585. The van der Waals surface area contributed by atoms with Gasteiger partial charge in [-0.15, -0.1) is 0 Å². The van der Waals surface area contributed by atoms with Gasteiger partial charge in [0.2, 0.25) is 0 Å². The molecule has 0 aliphatic carbocycles. The van der Waals surface area contributed by atoms with Crippen molar-refractivity contribution in [2.75, 3.05) is 25.1 Å². The molecule has 3 rings (SSSR count). The third kappa shape index (κ3) is 2.92. The summed E-state index contributed by atoms with van der Waals surface area (Å²) in [5.74, 6) is 1.28. The Bertz CT molecular complexity index is 668. The molecule has 0 spiro atoms. The van der Waals surface area contributed by atoms with E-state index in [1.807, 2.05) is 30.3 Å². The van der Waals surface area contributed by atoms with Crippen LogP contribution in [0.25, 0.3) is 0 Å². The number of nitriles is 1. The molecule has 2 aromatic carbocycles. The summed E-state index contributed by atoms with van der Waals surface area (Å²) in [6.45, 7) is 2.05. The van der Waals surface area contributed by atoms with Gasteiger partial charge in [-0.1, -0.05) is 24.3 Å². The number of piperidine rings is 1. The van der Waals surface area contributed by atoms with Crippen LogP contribution in [0.3, 0.4) is 0 Å². The molecule has 1 saturated heterocycles. The van der Waals surface area contributed by atoms with E-state index >= 15 is 0 Å². The van der Waals surface area contributed by atoms with Crippen molar-refractivity contribution in [1.29, 1.82) is 5.26 Å². The van der Waals surface area contributed by atoms with E-state index in [9.17, 15) is 0 Å². The Morgan fingerprint density at radius 3 is 2.55 bits per heavy atom. The van der Waals surface area contributed by atoms with Crippen LogP contribution in [-0.4, -0.2) is 20.2 Å². The van der Waals surface area contributed by atoms with Gasteiger partial charge >= 0.3 is 0 Å². The predicted octanol–water partition coefficient (Wildman–Crippen LogP) is 3.75. The van der Waals surface area contributed by atoms with E-state index in [0.717, 1.165) is 31.6 Å². The van der Waals surface area contributed by atoms with Crippen LogP contribution in [0.5, 0.6) is 5.75 Å². The van der Waals surface area contributed by atoms with Crippen molar-refractivity contribution >= 4 is 5.69 Å². The highest BCUT2D eigenvalue weighted by molar-refractivity contribution is 5.57. The maximum atomic E-state index is 9.07. The van der Waals surface area contributed by atoms with Crippen LogP contribution in [0.15, 0.2) is 42.5 Å². The second-order valence-corrected chi connectivity index (χ2v) is 5.59. The minimum Gasteiger partial charge on any atom is -0.495 e. The fourth-order valence-corrected chi connectivity index (χ4v) is 3.11. The third-order valence-corrected chi connectivity index (χ3v) is 4.38. The Kier molecular flexibility index (Phi) is 4.29. The maximum Gasteiger partial charge on any atom is 0.138 e. The average molecular weight is 291 g/mol. The Morgan fingerprint density at radius 1 is 1.18 bits per heavy atom. The summed E-state index contributed by atoms with van der Waals surface area (Å²) in [5.41, 5.74) is 3.13. The van der Waals surface area contributed by atoms with Crippen LogP contribution in [0.4, 0.5) is 5.69 Å². The second kappa shape index (κ2) is 6.53. The molecule has 1 aliphatic rings. The molecular formula is C19H19N2O. The fourth-order valence-electron chi connectivity index (χ4n) is 3.11. The normalized spacial score (nSPS) is 15.4. The first-order chi connectivity index (χ1) is 10.8. The van der Waals surface area contributed by atoms with Gasteiger partial charge in [0.25, 0.3) is 0 Å². The molecular weight excluding hydrogens is 272 g/mol. The van der Waals surface area contributed by atoms with Crippen LogP contribution in [-0.2, 0) is 0 Å². The van der Waals surface area contributed by atoms with E-state index < -0.39 is 0 Å². The largest absolute Gasteiger partial charge is 0.495 e. The quantitative estimate of drug-likeness (QED) is 0.864. The number of methoxy groups -OCH3 is 1. The van der Waals surface area contributed by atoms with Gasteiger partial charge < -0.3 is 9.64 Å². The van der Waals surface area contributed by atoms with Gasteiger partial charge in [0.05, 0.1) is 12.7 Å². The van der Waals surface area contributed by atoms with Crippen molar-refractivity contribution in [2.45, 2.75) is 18.8 Å². The molecule has 0 aromatic heterocycles. The zero-order valence-corrected chi connectivity index (χ0v) is 12.7. The molecule has 0 bridgehead atoms. The number of nitrogens with zero attached hydrogens (tertiary/aromatic N) is 2. The van der Waals surface area contributed by atoms with Gasteiger partial charge in [-0.3, -0.25) is 0 Å². The Morgan fingerprint density at radius 2 is 1.91 bits per heavy atom. The summed E-state index contributed by atoms with van der Waals surface area (Å²) in [4.78, 5) is 2.37. The van der Waals surface area contributed by atoms with Gasteiger partial charge in [-0.2, -0.15) is 5.26 Å². The molecule has 0 atom stereocenters. The van der Waals surface area contributed by atoms with E-state index in [2.05, 4.69) is 29.2 Å². The van der Waals surface area contributed by atoms with Crippen molar-refractivity contribution in [2.24, 2.45) is 0 Å². The lowest BCUT2D eigenvalue weighted by Gasteiger charge is -2.34. The fraction of sp³-hybridized carbons (Fsp3) is 0.316. The van der Waals surface area contributed by atoms with Gasteiger partial charge in [0.1, 0.15) is 11.8 Å². The first-order valence-electron chi connectivity index (χ1n) is 7.61. The van der Waals surface area contributed by atoms with Gasteiger partial charge in [0.15, 0.2) is 0 Å². The molecule has 0 saturated carbocycles. The van der Waals surface area contributed by atoms with Crippen molar-refractivity contribution in [3.63, 3.8) is 0 Å². The molecule has 3 heteroatoms. The molecule has 1 radical (unpaired) electrons. The van der Waals surface area contributed by atoms with Crippen molar-refractivity contribution < 1.29 is 4.74 Å². The molecule has 0 amide bonds. The van der Waals surface area contributed by atoms with E-state index in [4.69, 9.17) is 10.00 Å². The Balaban J connectivity index is 1.70. The zero-order valence-electron chi connectivity index (χ0n) is 12.7. The summed E-state index contributed by atoms with van der Waals surface area (Å²) >= 11 is 0. The number of hydrogen-bond acceptors (Lipinski definition) is 3. The summed E-state index contributed by atoms with van der Waals surface area (Å²) in [6, 6.07) is 19.4. The molecule has 0 unspecified atom stereocenters. The zero-order chi connectivity index (χ0) is 15.4. The van der Waals surface area contributed by atoms with Crippen LogP contribution in [0.1, 0.15) is 29.9 Å². The molecule has 1 fully saturated rings. The smallest absolute Gasteiger partial charge is 0.138 e. The highest BCUT2D eigenvalue weighted by Crippen LogP contribution is 2.32. The molecule has 3 nitrogen and oxygen atoms in total. The summed E-state index contributed by atoms with van der Waals surface area (Å²) in [7, 11) is 1.61. The van der Waals surface area contributed by atoms with E-state index in [0.29, 0.717) is 17.2 Å². The van der Waals surface area contributed by atoms with Gasteiger partial charge in [0, 0.05) is 24.8 Å². The first kappa shape index (κ1) is 14.5. The Hall–Kier alpha value is -2.47. The first-order valence-corrected chi connectivity index (χ1v) is 7.61. The molecule has 22 heavy (non-hydrogen) atoms. The SMILES string of the molecule is COc1cc(N2CCC(c3cc[c]cc3)CC2)ccc1C#N. The van der Waals surface area contributed by atoms with Crippen molar-refractivity contribution in [3.8, 4) is 11.8 Å². The molecule has 111 valence electrons. The number of ether oxygens (including phenoxy) is 1. The molecule has 0 N–H and O–H groups in total. The highest BCUT2D eigenvalue weighted by Gasteiger charge is 2.21. The lowest BCUT2D eigenvalue weighted by molar-refractivity contribution is 0.413. The van der Waals surface area contributed by atoms with E-state index in [1.54, 1.807) is 7.11 Å². The van der Waals surface area contributed by atoms with Crippen LogP contribution in [0, 0.1) is 17.4 Å². The predicted molar refractivity (Wildman–Crippen MR) is 87.2 cm³/mol. The van der Waals surface area contributed by atoms with Gasteiger partial charge in [-0.05, 0) is 42.5 Å². The van der Waals surface area contributed by atoms with E-state index in [1.165, 1.54) is 5.56 Å². The average Bonchev–Trinajstić information content (AvgIpc) is 2.62. The van der Waals surface area contributed by atoms with Crippen molar-refractivity contribution in [1.82, 2.24) is 0 Å². The third-order valence-electron chi connectivity index (χ3n) is 4.38. The Labute approximate surface area is 131 Å². The summed E-state index contributed by atoms with van der Waals surface area (Å²) in [6.07, 6.45) is 2.29. The van der Waals surface area contributed by atoms with Crippen LogP contribution >= 0.6 is 0 Å². The summed E-state index contributed by atoms with van der Waals surface area (Å²) < 4.78 is 5.31. The monoisotopic (exact) mass is 291 g/mol. The van der Waals surface area contributed by atoms with E-state index in [-0.39, 0.29) is 0 Å². The molecule has 1 heterocycles. The minimum absolute atomic E-state index is 0.585.